The van der Waals surface area contributed by atoms with Crippen molar-refractivity contribution >= 4 is 22.4 Å². The van der Waals surface area contributed by atoms with E-state index in [1.54, 1.807) is 0 Å². The molecule has 0 saturated carbocycles. The molecule has 0 fully saturated rings. The van der Waals surface area contributed by atoms with Crippen LogP contribution in [0, 0.1) is 18.6 Å². The highest BCUT2D eigenvalue weighted by atomic mass is 32.1. The molecule has 0 aliphatic rings. The molecule has 0 atom stereocenters. The summed E-state index contributed by atoms with van der Waals surface area (Å²) < 4.78 is 31.0. The molecule has 2 aromatic rings. The predicted octanol–water partition coefficient (Wildman–Crippen LogP) is 4.54. The number of benzene rings is 1. The van der Waals surface area contributed by atoms with Crippen LogP contribution in [0.5, 0.6) is 0 Å². The molecule has 0 unspecified atom stereocenters. The quantitative estimate of drug-likeness (QED) is 0.558. The number of carbonyl (C=O) groups excluding carboxylic acids is 1. The number of rotatable bonds is 8. The fourth-order valence-electron chi connectivity index (χ4n) is 2.25. The zero-order valence-electron chi connectivity index (χ0n) is 13.7. The second-order valence-corrected chi connectivity index (χ2v) is 6.57. The van der Waals surface area contributed by atoms with Gasteiger partial charge in [0.25, 0.3) is 0 Å². The number of nitrogens with zero attached hydrogens (tertiary/aromatic N) is 1. The van der Waals surface area contributed by atoms with Crippen LogP contribution in [0.25, 0.3) is 11.3 Å². The minimum Gasteiger partial charge on any atom is -0.469 e. The van der Waals surface area contributed by atoms with E-state index in [-0.39, 0.29) is 5.97 Å². The van der Waals surface area contributed by atoms with Gasteiger partial charge in [-0.2, -0.15) is 0 Å². The minimum atomic E-state index is -0.875. The van der Waals surface area contributed by atoms with Gasteiger partial charge in [0.1, 0.15) is 0 Å². The smallest absolute Gasteiger partial charge is 0.305 e. The zero-order chi connectivity index (χ0) is 17.5. The molecular formula is C17H20F2N2O2S. The minimum absolute atomic E-state index is 0.185. The number of halogens is 2. The Morgan fingerprint density at radius 3 is 2.75 bits per heavy atom. The Balaban J connectivity index is 1.85. The standard InChI is InChI=1S/C17H20F2N2O2S/c1-11-16(12-7-8-13(18)14(19)10-12)21-17(24-11)20-9-5-3-4-6-15(22)23-2/h7-8,10H,3-6,9H2,1-2H3,(H,20,21). The monoisotopic (exact) mass is 354 g/mol. The van der Waals surface area contributed by atoms with E-state index in [0.29, 0.717) is 17.7 Å². The van der Waals surface area contributed by atoms with Crippen molar-refractivity contribution in [3.63, 3.8) is 0 Å². The van der Waals surface area contributed by atoms with Gasteiger partial charge in [0, 0.05) is 23.4 Å². The molecule has 0 saturated heterocycles. The number of unbranched alkanes of at least 4 members (excludes halogenated alkanes) is 2. The Bertz CT molecular complexity index is 704. The third-order valence-corrected chi connectivity index (χ3v) is 4.48. The largest absolute Gasteiger partial charge is 0.469 e. The molecule has 1 N–H and O–H groups in total. The van der Waals surface area contributed by atoms with Gasteiger partial charge < -0.3 is 10.1 Å². The molecule has 0 spiro atoms. The van der Waals surface area contributed by atoms with Crippen molar-refractivity contribution in [1.29, 1.82) is 0 Å². The van der Waals surface area contributed by atoms with Gasteiger partial charge in [0.05, 0.1) is 12.8 Å². The van der Waals surface area contributed by atoms with Crippen molar-refractivity contribution in [3.8, 4) is 11.3 Å². The van der Waals surface area contributed by atoms with Crippen LogP contribution >= 0.6 is 11.3 Å². The van der Waals surface area contributed by atoms with Crippen molar-refractivity contribution in [2.75, 3.05) is 19.0 Å². The molecule has 130 valence electrons. The first-order valence-corrected chi connectivity index (χ1v) is 8.56. The number of aryl methyl sites for hydroxylation is 1. The summed E-state index contributed by atoms with van der Waals surface area (Å²) in [6.07, 6.45) is 3.07. The zero-order valence-corrected chi connectivity index (χ0v) is 14.5. The van der Waals surface area contributed by atoms with E-state index in [4.69, 9.17) is 0 Å². The van der Waals surface area contributed by atoms with Gasteiger partial charge in [0.15, 0.2) is 16.8 Å². The molecule has 0 radical (unpaired) electrons. The molecule has 1 aromatic carbocycles. The van der Waals surface area contributed by atoms with Crippen LogP contribution in [0.4, 0.5) is 13.9 Å². The molecule has 2 rings (SSSR count). The predicted molar refractivity (Wildman–Crippen MR) is 91.2 cm³/mol. The van der Waals surface area contributed by atoms with Crippen LogP contribution in [0.15, 0.2) is 18.2 Å². The van der Waals surface area contributed by atoms with Crippen molar-refractivity contribution in [3.05, 3.63) is 34.7 Å². The molecule has 1 aromatic heterocycles. The molecule has 4 nitrogen and oxygen atoms in total. The van der Waals surface area contributed by atoms with E-state index >= 15 is 0 Å². The van der Waals surface area contributed by atoms with Crippen molar-refractivity contribution in [2.45, 2.75) is 32.6 Å². The molecule has 0 aliphatic carbocycles. The summed E-state index contributed by atoms with van der Waals surface area (Å²) in [6, 6.07) is 3.79. The topological polar surface area (TPSA) is 51.2 Å². The number of hydrogen-bond acceptors (Lipinski definition) is 5. The highest BCUT2D eigenvalue weighted by molar-refractivity contribution is 7.16. The summed E-state index contributed by atoms with van der Waals surface area (Å²) in [6.45, 7) is 2.64. The third kappa shape index (κ3) is 4.99. The molecule has 24 heavy (non-hydrogen) atoms. The Labute approximate surface area is 143 Å². The Hall–Kier alpha value is -2.02. The van der Waals surface area contributed by atoms with Crippen molar-refractivity contribution in [2.24, 2.45) is 0 Å². The number of nitrogens with one attached hydrogen (secondary N) is 1. The number of ether oxygens (including phenoxy) is 1. The van der Waals surface area contributed by atoms with Crippen LogP contribution in [0.3, 0.4) is 0 Å². The lowest BCUT2D eigenvalue weighted by Gasteiger charge is -2.02. The maximum Gasteiger partial charge on any atom is 0.305 e. The average Bonchev–Trinajstić information content (AvgIpc) is 2.93. The Kier molecular flexibility index (Phi) is 6.66. The summed E-state index contributed by atoms with van der Waals surface area (Å²) in [5.41, 5.74) is 1.22. The first kappa shape index (κ1) is 18.3. The Morgan fingerprint density at radius 1 is 1.25 bits per heavy atom. The van der Waals surface area contributed by atoms with Crippen LogP contribution < -0.4 is 5.32 Å². The first-order valence-electron chi connectivity index (χ1n) is 7.75. The van der Waals surface area contributed by atoms with Crippen LogP contribution in [0.1, 0.15) is 30.6 Å². The van der Waals surface area contributed by atoms with E-state index < -0.39 is 11.6 Å². The van der Waals surface area contributed by atoms with Gasteiger partial charge in [-0.3, -0.25) is 4.79 Å². The second kappa shape index (κ2) is 8.73. The SMILES string of the molecule is COC(=O)CCCCCNc1nc(-c2ccc(F)c(F)c2)c(C)s1. The average molecular weight is 354 g/mol. The molecule has 1 heterocycles. The van der Waals surface area contributed by atoms with E-state index in [0.717, 1.165) is 47.9 Å². The van der Waals surface area contributed by atoms with Gasteiger partial charge in [0.2, 0.25) is 0 Å². The first-order chi connectivity index (χ1) is 11.5. The van der Waals surface area contributed by atoms with Crippen LogP contribution in [0.2, 0.25) is 0 Å². The summed E-state index contributed by atoms with van der Waals surface area (Å²) >= 11 is 1.48. The van der Waals surface area contributed by atoms with E-state index in [1.807, 2.05) is 6.92 Å². The molecule has 0 amide bonds. The fraction of sp³-hybridized carbons (Fsp3) is 0.412. The lowest BCUT2D eigenvalue weighted by Crippen LogP contribution is -2.03. The number of carbonyl (C=O) groups is 1. The highest BCUT2D eigenvalue weighted by Gasteiger charge is 2.12. The van der Waals surface area contributed by atoms with Gasteiger partial charge in [-0.1, -0.05) is 6.42 Å². The normalized spacial score (nSPS) is 10.7. The van der Waals surface area contributed by atoms with E-state index in [2.05, 4.69) is 15.0 Å². The summed E-state index contributed by atoms with van der Waals surface area (Å²) in [4.78, 5) is 16.4. The van der Waals surface area contributed by atoms with Crippen LogP contribution in [-0.4, -0.2) is 24.6 Å². The summed E-state index contributed by atoms with van der Waals surface area (Å²) in [7, 11) is 1.39. The maximum atomic E-state index is 13.4. The molecule has 7 heteroatoms. The highest BCUT2D eigenvalue weighted by Crippen LogP contribution is 2.31. The molecular weight excluding hydrogens is 334 g/mol. The van der Waals surface area contributed by atoms with E-state index in [9.17, 15) is 13.6 Å². The molecule has 0 aliphatic heterocycles. The number of anilines is 1. The number of aromatic nitrogens is 1. The van der Waals surface area contributed by atoms with Gasteiger partial charge >= 0.3 is 5.97 Å². The van der Waals surface area contributed by atoms with E-state index in [1.165, 1.54) is 24.5 Å². The fourth-order valence-corrected chi connectivity index (χ4v) is 3.11. The second-order valence-electron chi connectivity index (χ2n) is 5.37. The number of methoxy groups -OCH3 is 1. The third-order valence-electron chi connectivity index (χ3n) is 3.55. The number of esters is 1. The lowest BCUT2D eigenvalue weighted by atomic mass is 10.1. The molecule has 0 bridgehead atoms. The number of hydrogen-bond donors (Lipinski definition) is 1. The lowest BCUT2D eigenvalue weighted by molar-refractivity contribution is -0.140. The van der Waals surface area contributed by atoms with Crippen molar-refractivity contribution in [1.82, 2.24) is 4.98 Å². The summed E-state index contributed by atoms with van der Waals surface area (Å²) in [5.74, 6) is -1.92. The maximum absolute atomic E-state index is 13.4. The van der Waals surface area contributed by atoms with Gasteiger partial charge in [-0.05, 0) is 38.0 Å². The Morgan fingerprint density at radius 2 is 2.04 bits per heavy atom. The number of thiazole rings is 1. The van der Waals surface area contributed by atoms with Gasteiger partial charge in [-0.25, -0.2) is 13.8 Å². The van der Waals surface area contributed by atoms with Crippen molar-refractivity contribution < 1.29 is 18.3 Å². The van der Waals surface area contributed by atoms with Gasteiger partial charge in [-0.15, -0.1) is 11.3 Å². The van der Waals surface area contributed by atoms with Crippen LogP contribution in [-0.2, 0) is 9.53 Å². The summed E-state index contributed by atoms with van der Waals surface area (Å²) in [5, 5.41) is 3.98.